The highest BCUT2D eigenvalue weighted by atomic mass is 35.5. The lowest BCUT2D eigenvalue weighted by Crippen LogP contribution is -2.16. The fourth-order valence-corrected chi connectivity index (χ4v) is 2.33. The summed E-state index contributed by atoms with van der Waals surface area (Å²) < 4.78 is 5.14. The quantitative estimate of drug-likeness (QED) is 0.784. The zero-order valence-corrected chi connectivity index (χ0v) is 12.2. The van der Waals surface area contributed by atoms with Gasteiger partial charge in [0.25, 0.3) is 0 Å². The third-order valence-electron chi connectivity index (χ3n) is 3.10. The first-order valence-corrected chi connectivity index (χ1v) is 6.60. The summed E-state index contributed by atoms with van der Waals surface area (Å²) in [6.45, 7) is 0.726. The molecule has 4 heteroatoms. The summed E-state index contributed by atoms with van der Waals surface area (Å²) in [4.78, 5) is 12.7. The molecular formula is C16H16ClNO2. The number of anilines is 1. The second kappa shape index (κ2) is 6.44. The molecule has 0 aliphatic heterocycles. The highest BCUT2D eigenvalue weighted by molar-refractivity contribution is 6.33. The van der Waals surface area contributed by atoms with Gasteiger partial charge in [-0.2, -0.15) is 0 Å². The Morgan fingerprint density at radius 1 is 1.20 bits per heavy atom. The second-order valence-electron chi connectivity index (χ2n) is 4.53. The molecule has 0 saturated carbocycles. The Balaban J connectivity index is 2.14. The summed E-state index contributed by atoms with van der Waals surface area (Å²) in [5.74, 6) is 0.838. The summed E-state index contributed by atoms with van der Waals surface area (Å²) in [5, 5.41) is 0.575. The van der Waals surface area contributed by atoms with E-state index in [-0.39, 0.29) is 0 Å². The Labute approximate surface area is 123 Å². The Kier molecular flexibility index (Phi) is 4.64. The van der Waals surface area contributed by atoms with E-state index in [0.717, 1.165) is 29.8 Å². The first kappa shape index (κ1) is 14.4. The number of ether oxygens (including phenoxy) is 1. The number of hydrogen-bond acceptors (Lipinski definition) is 3. The lowest BCUT2D eigenvalue weighted by molar-refractivity contribution is 0.112. The number of hydrogen-bond donors (Lipinski definition) is 0. The SMILES string of the molecule is COc1ccc(CN(C)c2ccc(C=O)cc2Cl)cc1. The maximum atomic E-state index is 10.7. The maximum absolute atomic E-state index is 10.7. The molecule has 0 N–H and O–H groups in total. The Morgan fingerprint density at radius 2 is 1.90 bits per heavy atom. The monoisotopic (exact) mass is 289 g/mol. The zero-order chi connectivity index (χ0) is 14.5. The molecule has 0 unspecified atom stereocenters. The molecule has 0 aliphatic rings. The molecule has 3 nitrogen and oxygen atoms in total. The second-order valence-corrected chi connectivity index (χ2v) is 4.94. The van der Waals surface area contributed by atoms with E-state index >= 15 is 0 Å². The van der Waals surface area contributed by atoms with Crippen molar-refractivity contribution in [2.75, 3.05) is 19.1 Å². The summed E-state index contributed by atoms with van der Waals surface area (Å²) in [6.07, 6.45) is 0.791. The lowest BCUT2D eigenvalue weighted by Gasteiger charge is -2.21. The third-order valence-corrected chi connectivity index (χ3v) is 3.40. The number of nitrogens with zero attached hydrogens (tertiary/aromatic N) is 1. The summed E-state index contributed by atoms with van der Waals surface area (Å²) >= 11 is 6.20. The number of methoxy groups -OCH3 is 1. The molecule has 0 heterocycles. The van der Waals surface area contributed by atoms with Crippen molar-refractivity contribution >= 4 is 23.6 Å². The van der Waals surface area contributed by atoms with Crippen molar-refractivity contribution < 1.29 is 9.53 Å². The predicted molar refractivity (Wildman–Crippen MR) is 81.9 cm³/mol. The molecule has 0 aliphatic carbocycles. The average Bonchev–Trinajstić information content (AvgIpc) is 2.47. The Hall–Kier alpha value is -2.00. The molecule has 0 saturated heterocycles. The van der Waals surface area contributed by atoms with Crippen LogP contribution in [0.3, 0.4) is 0 Å². The minimum Gasteiger partial charge on any atom is -0.497 e. The summed E-state index contributed by atoms with van der Waals surface area (Å²) in [6, 6.07) is 13.2. The van der Waals surface area contributed by atoms with Gasteiger partial charge in [-0.3, -0.25) is 4.79 Å². The van der Waals surface area contributed by atoms with Gasteiger partial charge in [0.1, 0.15) is 12.0 Å². The summed E-state index contributed by atoms with van der Waals surface area (Å²) in [5.41, 5.74) is 2.63. The van der Waals surface area contributed by atoms with Crippen molar-refractivity contribution in [3.8, 4) is 5.75 Å². The highest BCUT2D eigenvalue weighted by Crippen LogP contribution is 2.27. The van der Waals surface area contributed by atoms with Crippen molar-refractivity contribution in [1.82, 2.24) is 0 Å². The van der Waals surface area contributed by atoms with Gasteiger partial charge >= 0.3 is 0 Å². The van der Waals surface area contributed by atoms with Gasteiger partial charge < -0.3 is 9.64 Å². The minimum atomic E-state index is 0.575. The standard InChI is InChI=1S/C16H16ClNO2/c1-18(10-12-3-6-14(20-2)7-4-12)16-8-5-13(11-19)9-15(16)17/h3-9,11H,10H2,1-2H3. The van der Waals surface area contributed by atoms with E-state index in [1.807, 2.05) is 42.3 Å². The van der Waals surface area contributed by atoms with E-state index in [1.165, 1.54) is 0 Å². The normalized spacial score (nSPS) is 10.2. The van der Waals surface area contributed by atoms with E-state index in [1.54, 1.807) is 19.2 Å². The molecule has 0 fully saturated rings. The van der Waals surface area contributed by atoms with Gasteiger partial charge in [0, 0.05) is 19.2 Å². The largest absolute Gasteiger partial charge is 0.497 e. The van der Waals surface area contributed by atoms with Crippen LogP contribution in [0.1, 0.15) is 15.9 Å². The molecule has 2 rings (SSSR count). The fourth-order valence-electron chi connectivity index (χ4n) is 2.00. The van der Waals surface area contributed by atoms with Crippen LogP contribution < -0.4 is 9.64 Å². The van der Waals surface area contributed by atoms with Gasteiger partial charge in [-0.1, -0.05) is 23.7 Å². The first-order valence-electron chi connectivity index (χ1n) is 6.23. The van der Waals surface area contributed by atoms with Crippen LogP contribution in [0.15, 0.2) is 42.5 Å². The molecule has 2 aromatic carbocycles. The molecule has 0 amide bonds. The van der Waals surface area contributed by atoms with Gasteiger partial charge in [0.15, 0.2) is 0 Å². The Bertz CT molecular complexity index is 596. The van der Waals surface area contributed by atoms with Gasteiger partial charge in [0.05, 0.1) is 17.8 Å². The van der Waals surface area contributed by atoms with E-state index in [9.17, 15) is 4.79 Å². The minimum absolute atomic E-state index is 0.575. The van der Waals surface area contributed by atoms with Gasteiger partial charge in [-0.15, -0.1) is 0 Å². The van der Waals surface area contributed by atoms with Gasteiger partial charge in [-0.25, -0.2) is 0 Å². The zero-order valence-electron chi connectivity index (χ0n) is 11.5. The number of aldehydes is 1. The molecule has 2 aromatic rings. The van der Waals surface area contributed by atoms with Gasteiger partial charge in [-0.05, 0) is 35.9 Å². The molecule has 0 aromatic heterocycles. The van der Waals surface area contributed by atoms with Crippen LogP contribution in [0.2, 0.25) is 5.02 Å². The average molecular weight is 290 g/mol. The highest BCUT2D eigenvalue weighted by Gasteiger charge is 2.07. The fraction of sp³-hybridized carbons (Fsp3) is 0.188. The van der Waals surface area contributed by atoms with Crippen LogP contribution in [0.25, 0.3) is 0 Å². The van der Waals surface area contributed by atoms with Crippen molar-refractivity contribution in [3.63, 3.8) is 0 Å². The van der Waals surface area contributed by atoms with Crippen molar-refractivity contribution in [1.29, 1.82) is 0 Å². The lowest BCUT2D eigenvalue weighted by atomic mass is 10.1. The molecule has 104 valence electrons. The number of halogens is 1. The molecule has 0 atom stereocenters. The van der Waals surface area contributed by atoms with Gasteiger partial charge in [0.2, 0.25) is 0 Å². The maximum Gasteiger partial charge on any atom is 0.150 e. The summed E-state index contributed by atoms with van der Waals surface area (Å²) in [7, 11) is 3.61. The topological polar surface area (TPSA) is 29.5 Å². The van der Waals surface area contributed by atoms with Crippen molar-refractivity contribution in [2.45, 2.75) is 6.54 Å². The van der Waals surface area contributed by atoms with Crippen LogP contribution in [0.5, 0.6) is 5.75 Å². The number of rotatable bonds is 5. The van der Waals surface area contributed by atoms with E-state index in [4.69, 9.17) is 16.3 Å². The molecule has 0 spiro atoms. The van der Waals surface area contributed by atoms with Crippen LogP contribution in [0.4, 0.5) is 5.69 Å². The third kappa shape index (κ3) is 3.31. The van der Waals surface area contributed by atoms with E-state index in [2.05, 4.69) is 0 Å². The predicted octanol–water partition coefficient (Wildman–Crippen LogP) is 3.80. The van der Waals surface area contributed by atoms with E-state index < -0.39 is 0 Å². The van der Waals surface area contributed by atoms with Crippen molar-refractivity contribution in [2.24, 2.45) is 0 Å². The number of carbonyl (C=O) groups is 1. The molecule has 0 bridgehead atoms. The van der Waals surface area contributed by atoms with Crippen LogP contribution in [0, 0.1) is 0 Å². The van der Waals surface area contributed by atoms with Crippen molar-refractivity contribution in [3.05, 3.63) is 58.6 Å². The number of benzene rings is 2. The first-order chi connectivity index (χ1) is 9.63. The van der Waals surface area contributed by atoms with Crippen LogP contribution in [-0.4, -0.2) is 20.4 Å². The van der Waals surface area contributed by atoms with Crippen LogP contribution in [-0.2, 0) is 6.54 Å². The molecular weight excluding hydrogens is 274 g/mol. The number of carbonyl (C=O) groups excluding carboxylic acids is 1. The molecule has 20 heavy (non-hydrogen) atoms. The smallest absolute Gasteiger partial charge is 0.150 e. The molecule has 0 radical (unpaired) electrons. The van der Waals surface area contributed by atoms with E-state index in [0.29, 0.717) is 10.6 Å². The Morgan fingerprint density at radius 3 is 2.45 bits per heavy atom. The van der Waals surface area contributed by atoms with Crippen LogP contribution >= 0.6 is 11.6 Å².